The number of aromatic nitrogens is 2. The van der Waals surface area contributed by atoms with E-state index < -0.39 is 9.05 Å². The van der Waals surface area contributed by atoms with E-state index in [1.807, 2.05) is 18.4 Å². The van der Waals surface area contributed by atoms with Crippen LogP contribution in [0, 0.1) is 5.92 Å². The molecule has 1 atom stereocenters. The van der Waals surface area contributed by atoms with Crippen LogP contribution < -0.4 is 0 Å². The first-order valence-corrected chi connectivity index (χ1v) is 8.58. The van der Waals surface area contributed by atoms with Gasteiger partial charge < -0.3 is 4.57 Å². The normalized spacial score (nSPS) is 14.1. The van der Waals surface area contributed by atoms with Crippen LogP contribution in [0.2, 0.25) is 0 Å². The lowest BCUT2D eigenvalue weighted by molar-refractivity contribution is 0.432. The van der Waals surface area contributed by atoms with Crippen LogP contribution in [0.3, 0.4) is 0 Å². The van der Waals surface area contributed by atoms with E-state index in [1.54, 1.807) is 6.20 Å². The Morgan fingerprint density at radius 3 is 2.44 bits per heavy atom. The van der Waals surface area contributed by atoms with E-state index in [4.69, 9.17) is 10.7 Å². The SMILES string of the molecule is CCCC(C)Cn1cc(S(=O)(=O)Cl)nc1C(C)C. The lowest BCUT2D eigenvalue weighted by atomic mass is 10.1. The summed E-state index contributed by atoms with van der Waals surface area (Å²) in [6.07, 6.45) is 3.77. The number of imidazole rings is 1. The topological polar surface area (TPSA) is 52.0 Å². The molecule has 0 aromatic carbocycles. The minimum absolute atomic E-state index is 0.0448. The van der Waals surface area contributed by atoms with Crippen molar-refractivity contribution in [3.8, 4) is 0 Å². The molecule has 104 valence electrons. The third kappa shape index (κ3) is 3.99. The fourth-order valence-electron chi connectivity index (χ4n) is 2.05. The van der Waals surface area contributed by atoms with Crippen LogP contribution in [-0.2, 0) is 15.6 Å². The number of hydrogen-bond acceptors (Lipinski definition) is 3. The Balaban J connectivity index is 3.06. The molecule has 0 aliphatic carbocycles. The summed E-state index contributed by atoms with van der Waals surface area (Å²) in [5.74, 6) is 1.44. The Kier molecular flexibility index (Phi) is 5.22. The van der Waals surface area contributed by atoms with E-state index in [0.717, 1.165) is 25.2 Å². The van der Waals surface area contributed by atoms with Gasteiger partial charge in [-0.05, 0) is 12.3 Å². The van der Waals surface area contributed by atoms with E-state index >= 15 is 0 Å². The molecule has 1 aromatic rings. The fraction of sp³-hybridized carbons (Fsp3) is 0.750. The van der Waals surface area contributed by atoms with Crippen molar-refractivity contribution in [2.24, 2.45) is 5.92 Å². The highest BCUT2D eigenvalue weighted by atomic mass is 35.7. The maximum absolute atomic E-state index is 11.3. The lowest BCUT2D eigenvalue weighted by Crippen LogP contribution is -2.10. The number of rotatable bonds is 6. The van der Waals surface area contributed by atoms with Crippen LogP contribution >= 0.6 is 10.7 Å². The zero-order valence-corrected chi connectivity index (χ0v) is 12.9. The van der Waals surface area contributed by atoms with Gasteiger partial charge in [0.25, 0.3) is 9.05 Å². The van der Waals surface area contributed by atoms with Gasteiger partial charge in [-0.1, -0.05) is 34.1 Å². The zero-order chi connectivity index (χ0) is 13.9. The smallest absolute Gasteiger partial charge is 0.280 e. The van der Waals surface area contributed by atoms with Gasteiger partial charge in [0.2, 0.25) is 0 Å². The molecule has 0 saturated heterocycles. The molecule has 1 heterocycles. The third-order valence-corrected chi connectivity index (χ3v) is 4.01. The minimum Gasteiger partial charge on any atom is -0.333 e. The van der Waals surface area contributed by atoms with Crippen LogP contribution in [0.25, 0.3) is 0 Å². The zero-order valence-electron chi connectivity index (χ0n) is 11.4. The average Bonchev–Trinajstić information content (AvgIpc) is 2.61. The van der Waals surface area contributed by atoms with Crippen LogP contribution in [0.15, 0.2) is 11.2 Å². The molecular formula is C12H21ClN2O2S. The highest BCUT2D eigenvalue weighted by Crippen LogP contribution is 2.21. The minimum atomic E-state index is -3.75. The molecule has 6 heteroatoms. The quantitative estimate of drug-likeness (QED) is 0.755. The van der Waals surface area contributed by atoms with E-state index in [9.17, 15) is 8.42 Å². The first-order valence-electron chi connectivity index (χ1n) is 6.27. The number of halogens is 1. The molecule has 1 unspecified atom stereocenters. The van der Waals surface area contributed by atoms with Gasteiger partial charge in [0.15, 0.2) is 5.03 Å². The molecule has 0 spiro atoms. The monoisotopic (exact) mass is 292 g/mol. The Hall–Kier alpha value is -0.550. The highest BCUT2D eigenvalue weighted by Gasteiger charge is 2.20. The van der Waals surface area contributed by atoms with Gasteiger partial charge in [0.1, 0.15) is 5.82 Å². The van der Waals surface area contributed by atoms with E-state index in [0.29, 0.717) is 5.92 Å². The second-order valence-electron chi connectivity index (χ2n) is 5.08. The van der Waals surface area contributed by atoms with Crippen molar-refractivity contribution in [1.82, 2.24) is 9.55 Å². The summed E-state index contributed by atoms with van der Waals surface area (Å²) in [6, 6.07) is 0. The van der Waals surface area contributed by atoms with Gasteiger partial charge in [0.05, 0.1) is 0 Å². The predicted molar refractivity (Wildman–Crippen MR) is 73.4 cm³/mol. The van der Waals surface area contributed by atoms with Crippen LogP contribution in [0.4, 0.5) is 0 Å². The largest absolute Gasteiger partial charge is 0.333 e. The summed E-state index contributed by atoms with van der Waals surface area (Å²) in [4.78, 5) is 4.14. The molecule has 0 amide bonds. The molecule has 4 nitrogen and oxygen atoms in total. The van der Waals surface area contributed by atoms with Crippen LogP contribution in [-0.4, -0.2) is 18.0 Å². The Bertz CT molecular complexity index is 494. The second kappa shape index (κ2) is 6.06. The first kappa shape index (κ1) is 15.5. The Morgan fingerprint density at radius 1 is 1.39 bits per heavy atom. The average molecular weight is 293 g/mol. The molecule has 0 radical (unpaired) electrons. The van der Waals surface area contributed by atoms with Crippen molar-refractivity contribution < 1.29 is 8.42 Å². The molecule has 0 aliphatic rings. The molecule has 1 aromatic heterocycles. The van der Waals surface area contributed by atoms with Crippen molar-refractivity contribution in [3.63, 3.8) is 0 Å². The maximum atomic E-state index is 11.3. The van der Waals surface area contributed by atoms with Crippen molar-refractivity contribution in [2.75, 3.05) is 0 Å². The Morgan fingerprint density at radius 2 is 2.00 bits per heavy atom. The first-order chi connectivity index (χ1) is 8.25. The molecule has 0 N–H and O–H groups in total. The van der Waals surface area contributed by atoms with Gasteiger partial charge in [-0.2, -0.15) is 0 Å². The number of hydrogen-bond donors (Lipinski definition) is 0. The molecule has 18 heavy (non-hydrogen) atoms. The van der Waals surface area contributed by atoms with E-state index in [1.165, 1.54) is 0 Å². The van der Waals surface area contributed by atoms with Crippen molar-refractivity contribution in [1.29, 1.82) is 0 Å². The van der Waals surface area contributed by atoms with E-state index in [-0.39, 0.29) is 10.9 Å². The summed E-state index contributed by atoms with van der Waals surface area (Å²) < 4.78 is 24.6. The molecule has 0 bridgehead atoms. The second-order valence-corrected chi connectivity index (χ2v) is 7.59. The molecule has 1 rings (SSSR count). The molecule has 0 saturated carbocycles. The van der Waals surface area contributed by atoms with Gasteiger partial charge in [0, 0.05) is 29.3 Å². The highest BCUT2D eigenvalue weighted by molar-refractivity contribution is 8.13. The van der Waals surface area contributed by atoms with Crippen LogP contribution in [0.1, 0.15) is 52.3 Å². The summed E-state index contributed by atoms with van der Waals surface area (Å²) in [5, 5.41) is -0.0448. The molecular weight excluding hydrogens is 272 g/mol. The Labute approximate surface area is 114 Å². The van der Waals surface area contributed by atoms with Crippen molar-refractivity contribution in [2.45, 2.75) is 58.0 Å². The van der Waals surface area contributed by atoms with Gasteiger partial charge >= 0.3 is 0 Å². The predicted octanol–water partition coefficient (Wildman–Crippen LogP) is 3.37. The summed E-state index contributed by atoms with van der Waals surface area (Å²) >= 11 is 0. The number of nitrogens with zero attached hydrogens (tertiary/aromatic N) is 2. The van der Waals surface area contributed by atoms with Gasteiger partial charge in [-0.25, -0.2) is 13.4 Å². The van der Waals surface area contributed by atoms with Crippen molar-refractivity contribution in [3.05, 3.63) is 12.0 Å². The fourth-order valence-corrected chi connectivity index (χ4v) is 2.73. The van der Waals surface area contributed by atoms with Gasteiger partial charge in [-0.3, -0.25) is 0 Å². The molecule has 0 fully saturated rings. The summed E-state index contributed by atoms with van der Waals surface area (Å²) in [7, 11) is 1.60. The van der Waals surface area contributed by atoms with Gasteiger partial charge in [-0.15, -0.1) is 0 Å². The standard InChI is InChI=1S/C12H21ClN2O2S/c1-5-6-10(4)7-15-8-11(18(13,16)17)14-12(15)9(2)3/h8-10H,5-7H2,1-4H3. The lowest BCUT2D eigenvalue weighted by Gasteiger charge is -2.14. The molecule has 0 aliphatic heterocycles. The maximum Gasteiger partial charge on any atom is 0.280 e. The summed E-state index contributed by atoms with van der Waals surface area (Å²) in [6.45, 7) is 9.06. The van der Waals surface area contributed by atoms with Crippen LogP contribution in [0.5, 0.6) is 0 Å². The summed E-state index contributed by atoms with van der Waals surface area (Å²) in [5.41, 5.74) is 0. The third-order valence-electron chi connectivity index (χ3n) is 2.84. The van der Waals surface area contributed by atoms with Crippen molar-refractivity contribution >= 4 is 19.7 Å². The van der Waals surface area contributed by atoms with E-state index in [2.05, 4.69) is 18.8 Å².